The Hall–Kier alpha value is -1.62. The number of hydrogen-bond acceptors (Lipinski definition) is 3. The minimum atomic E-state index is -6.64. The number of alkyl halides is 7. The van der Waals surface area contributed by atoms with Gasteiger partial charge >= 0.3 is 18.0 Å². The fourth-order valence-corrected chi connectivity index (χ4v) is 3.21. The minimum absolute atomic E-state index is 0.0394. The van der Waals surface area contributed by atoms with Gasteiger partial charge in [0.25, 0.3) is 0 Å². The summed E-state index contributed by atoms with van der Waals surface area (Å²) in [4.78, 5) is -0.130. The zero-order valence-corrected chi connectivity index (χ0v) is 15.0. The Morgan fingerprint density at radius 1 is 1.04 bits per heavy atom. The molecule has 0 aliphatic rings. The summed E-state index contributed by atoms with van der Waals surface area (Å²) < 4.78 is 109. The van der Waals surface area contributed by atoms with Crippen LogP contribution in [0.3, 0.4) is 0 Å². The van der Waals surface area contributed by atoms with Crippen LogP contribution >= 0.6 is 0 Å². The topological polar surface area (TPSA) is 46.5 Å². The molecule has 1 N–H and O–H groups in total. The normalized spacial score (nSPS) is 17.0. The van der Waals surface area contributed by atoms with Gasteiger partial charge < -0.3 is 9.84 Å². The molecule has 1 aromatic carbocycles. The molecular formula is C16H17F7O3S. The monoisotopic (exact) mass is 422 g/mol. The van der Waals surface area contributed by atoms with Crippen LogP contribution < -0.4 is 0 Å². The zero-order chi connectivity index (χ0) is 21.1. The van der Waals surface area contributed by atoms with E-state index in [0.717, 1.165) is 0 Å². The first-order chi connectivity index (χ1) is 12.2. The second kappa shape index (κ2) is 8.17. The molecule has 154 valence electrons. The van der Waals surface area contributed by atoms with Crippen LogP contribution in [0.5, 0.6) is 0 Å². The van der Waals surface area contributed by atoms with Crippen LogP contribution in [-0.2, 0) is 15.5 Å². The number of aliphatic hydroxyl groups is 1. The molecule has 0 saturated carbocycles. The van der Waals surface area contributed by atoms with E-state index in [9.17, 15) is 40.0 Å². The average molecular weight is 422 g/mol. The van der Waals surface area contributed by atoms with Gasteiger partial charge in [0, 0.05) is 4.90 Å². The fourth-order valence-electron chi connectivity index (χ4n) is 1.92. The SMILES string of the molecule is CCO/C=C/[C@@](O)(C[S@@](=O)c1ccc(C)cc1)C(F)(F)C(F)(F)C(F)(F)F. The maximum Gasteiger partial charge on any atom is 0.460 e. The fraction of sp³-hybridized carbons (Fsp3) is 0.500. The van der Waals surface area contributed by atoms with Crippen molar-refractivity contribution in [1.29, 1.82) is 0 Å². The zero-order valence-electron chi connectivity index (χ0n) is 14.2. The lowest BCUT2D eigenvalue weighted by molar-refractivity contribution is -0.379. The molecule has 2 atom stereocenters. The third-order valence-electron chi connectivity index (χ3n) is 3.54. The van der Waals surface area contributed by atoms with Crippen LogP contribution in [0.4, 0.5) is 30.7 Å². The third-order valence-corrected chi connectivity index (χ3v) is 5.04. The van der Waals surface area contributed by atoms with E-state index in [2.05, 4.69) is 4.74 Å². The van der Waals surface area contributed by atoms with Gasteiger partial charge in [-0.1, -0.05) is 17.7 Å². The molecule has 0 bridgehead atoms. The highest BCUT2D eigenvalue weighted by atomic mass is 32.2. The summed E-state index contributed by atoms with van der Waals surface area (Å²) in [7, 11) is -2.51. The largest absolute Gasteiger partial charge is 0.502 e. The van der Waals surface area contributed by atoms with Crippen LogP contribution in [-0.4, -0.2) is 45.3 Å². The molecule has 0 spiro atoms. The molecule has 0 amide bonds. The van der Waals surface area contributed by atoms with E-state index in [1.807, 2.05) is 0 Å². The quantitative estimate of drug-likeness (QED) is 0.504. The Labute approximate surface area is 153 Å². The summed E-state index contributed by atoms with van der Waals surface area (Å²) >= 11 is 0. The Morgan fingerprint density at radius 2 is 1.56 bits per heavy atom. The number of halogens is 7. The van der Waals surface area contributed by atoms with Crippen LogP contribution in [0.15, 0.2) is 41.5 Å². The highest BCUT2D eigenvalue weighted by Gasteiger charge is 2.79. The highest BCUT2D eigenvalue weighted by molar-refractivity contribution is 7.85. The predicted molar refractivity (Wildman–Crippen MR) is 84.1 cm³/mol. The second-order valence-corrected chi connectivity index (χ2v) is 7.08. The standard InChI is InChI=1S/C16H17F7O3S/c1-3-26-9-8-13(24,14(17,18)15(19,20)16(21,22)23)10-27(25)12-6-4-11(2)5-7-12/h4-9,24H,3,10H2,1-2H3/b9-8+/t13-,27-/m1/s1. The molecule has 0 aliphatic carbocycles. The first-order valence-corrected chi connectivity index (χ1v) is 8.80. The first-order valence-electron chi connectivity index (χ1n) is 7.48. The Balaban J connectivity index is 3.36. The van der Waals surface area contributed by atoms with Crippen molar-refractivity contribution in [2.45, 2.75) is 42.4 Å². The molecule has 0 radical (unpaired) electrons. The van der Waals surface area contributed by atoms with Gasteiger partial charge in [0.1, 0.15) is 0 Å². The molecule has 0 heterocycles. The minimum Gasteiger partial charge on any atom is -0.502 e. The molecule has 0 aromatic heterocycles. The van der Waals surface area contributed by atoms with Crippen LogP contribution in [0.1, 0.15) is 12.5 Å². The van der Waals surface area contributed by atoms with Gasteiger partial charge in [-0.05, 0) is 32.1 Å². The van der Waals surface area contributed by atoms with Gasteiger partial charge in [-0.2, -0.15) is 30.7 Å². The van der Waals surface area contributed by atoms with Crippen molar-refractivity contribution < 1.29 is 44.8 Å². The van der Waals surface area contributed by atoms with Crippen molar-refractivity contribution in [1.82, 2.24) is 0 Å². The average Bonchev–Trinajstić information content (AvgIpc) is 2.54. The lowest BCUT2D eigenvalue weighted by Gasteiger charge is -2.38. The van der Waals surface area contributed by atoms with Gasteiger partial charge in [-0.3, -0.25) is 4.21 Å². The Bertz CT molecular complexity index is 686. The lowest BCUT2D eigenvalue weighted by Crippen LogP contribution is -2.65. The van der Waals surface area contributed by atoms with E-state index >= 15 is 0 Å². The second-order valence-electron chi connectivity index (χ2n) is 5.63. The van der Waals surface area contributed by atoms with Crippen molar-refractivity contribution in [2.75, 3.05) is 12.4 Å². The number of ether oxygens (including phenoxy) is 1. The summed E-state index contributed by atoms with van der Waals surface area (Å²) in [6, 6.07) is 5.31. The molecule has 0 fully saturated rings. The predicted octanol–water partition coefficient (Wildman–Crippen LogP) is 4.22. The number of rotatable bonds is 8. The summed E-state index contributed by atoms with van der Waals surface area (Å²) in [6.07, 6.45) is -6.32. The first kappa shape index (κ1) is 23.4. The van der Waals surface area contributed by atoms with Crippen molar-refractivity contribution in [3.8, 4) is 0 Å². The molecule has 0 saturated heterocycles. The van der Waals surface area contributed by atoms with E-state index in [1.54, 1.807) is 6.92 Å². The summed E-state index contributed by atoms with van der Waals surface area (Å²) in [5, 5.41) is 10.1. The van der Waals surface area contributed by atoms with Gasteiger partial charge in [0.15, 0.2) is 5.60 Å². The molecule has 0 unspecified atom stereocenters. The highest BCUT2D eigenvalue weighted by Crippen LogP contribution is 2.52. The van der Waals surface area contributed by atoms with E-state index in [0.29, 0.717) is 11.8 Å². The van der Waals surface area contributed by atoms with Crippen molar-refractivity contribution in [3.63, 3.8) is 0 Å². The van der Waals surface area contributed by atoms with E-state index in [1.165, 1.54) is 31.2 Å². The maximum absolute atomic E-state index is 14.2. The molecule has 0 aliphatic heterocycles. The van der Waals surface area contributed by atoms with Crippen molar-refractivity contribution >= 4 is 10.8 Å². The van der Waals surface area contributed by atoms with Crippen LogP contribution in [0.2, 0.25) is 0 Å². The van der Waals surface area contributed by atoms with Crippen molar-refractivity contribution in [3.05, 3.63) is 42.2 Å². The molecule has 3 nitrogen and oxygen atoms in total. The van der Waals surface area contributed by atoms with Gasteiger partial charge in [0.05, 0.1) is 29.4 Å². The van der Waals surface area contributed by atoms with Gasteiger partial charge in [0.2, 0.25) is 0 Å². The number of hydrogen-bond donors (Lipinski definition) is 1. The maximum atomic E-state index is 14.2. The molecule has 1 aromatic rings. The smallest absolute Gasteiger partial charge is 0.460 e. The summed E-state index contributed by atoms with van der Waals surface area (Å²) in [6.45, 7) is 2.91. The van der Waals surface area contributed by atoms with Gasteiger partial charge in [-0.15, -0.1) is 0 Å². The van der Waals surface area contributed by atoms with Crippen molar-refractivity contribution in [2.24, 2.45) is 0 Å². The lowest BCUT2D eigenvalue weighted by atomic mass is 9.92. The Morgan fingerprint density at radius 3 is 2.00 bits per heavy atom. The number of aryl methyl sites for hydroxylation is 1. The molecule has 1 rings (SSSR count). The van der Waals surface area contributed by atoms with E-state index < -0.39 is 40.2 Å². The molecular weight excluding hydrogens is 405 g/mol. The van der Waals surface area contributed by atoms with E-state index in [-0.39, 0.29) is 17.6 Å². The molecule has 27 heavy (non-hydrogen) atoms. The Kier molecular flexibility index (Phi) is 7.09. The summed E-state index contributed by atoms with van der Waals surface area (Å²) in [5.74, 6) is -14.2. The number of benzene rings is 1. The van der Waals surface area contributed by atoms with Crippen LogP contribution in [0, 0.1) is 6.92 Å². The van der Waals surface area contributed by atoms with E-state index in [4.69, 9.17) is 0 Å². The van der Waals surface area contributed by atoms with Gasteiger partial charge in [-0.25, -0.2) is 0 Å². The third kappa shape index (κ3) is 4.81. The summed E-state index contributed by atoms with van der Waals surface area (Å²) in [5.41, 5.74) is -3.40. The van der Waals surface area contributed by atoms with Crippen LogP contribution in [0.25, 0.3) is 0 Å². The molecule has 11 heteroatoms.